The molecule has 0 aliphatic carbocycles. The third-order valence-corrected chi connectivity index (χ3v) is 7.98. The zero-order valence-electron chi connectivity index (χ0n) is 17.1. The SMILES string of the molecule is COc1ccc(CCNC(=O)C(=O)NCC2OCCCN2S(=O)(=O)c2cccs2)cc1. The van der Waals surface area contributed by atoms with E-state index in [9.17, 15) is 18.0 Å². The Hall–Kier alpha value is -2.47. The van der Waals surface area contributed by atoms with E-state index in [4.69, 9.17) is 9.47 Å². The van der Waals surface area contributed by atoms with E-state index in [-0.39, 0.29) is 23.8 Å². The number of carbonyl (C=O) groups is 2. The third kappa shape index (κ3) is 6.03. The van der Waals surface area contributed by atoms with Gasteiger partial charge in [0.25, 0.3) is 10.0 Å². The number of amides is 2. The topological polar surface area (TPSA) is 114 Å². The smallest absolute Gasteiger partial charge is 0.309 e. The van der Waals surface area contributed by atoms with Gasteiger partial charge in [-0.1, -0.05) is 18.2 Å². The van der Waals surface area contributed by atoms with Crippen LogP contribution in [-0.4, -0.2) is 64.1 Å². The summed E-state index contributed by atoms with van der Waals surface area (Å²) >= 11 is 1.12. The Bertz CT molecular complexity index is 977. The second-order valence-electron chi connectivity index (χ2n) is 6.79. The predicted octanol–water partition coefficient (Wildman–Crippen LogP) is 0.969. The molecule has 0 saturated carbocycles. The second-order valence-corrected chi connectivity index (χ2v) is 9.86. The monoisotopic (exact) mass is 467 g/mol. The van der Waals surface area contributed by atoms with Crippen molar-refractivity contribution in [2.45, 2.75) is 23.3 Å². The molecule has 3 rings (SSSR count). The molecule has 1 atom stereocenters. The minimum Gasteiger partial charge on any atom is -0.497 e. The number of thiophene rings is 1. The Balaban J connectivity index is 1.48. The van der Waals surface area contributed by atoms with Crippen LogP contribution in [0.25, 0.3) is 0 Å². The van der Waals surface area contributed by atoms with Crippen LogP contribution in [0.1, 0.15) is 12.0 Å². The summed E-state index contributed by atoms with van der Waals surface area (Å²) < 4.78 is 37.7. The van der Waals surface area contributed by atoms with Crippen LogP contribution in [-0.2, 0) is 30.8 Å². The summed E-state index contributed by atoms with van der Waals surface area (Å²) in [6.07, 6.45) is 0.250. The average Bonchev–Trinajstić information content (AvgIpc) is 3.34. The van der Waals surface area contributed by atoms with E-state index >= 15 is 0 Å². The Kier molecular flexibility index (Phi) is 8.02. The van der Waals surface area contributed by atoms with E-state index in [2.05, 4.69) is 10.6 Å². The molecule has 2 aromatic rings. The number of methoxy groups -OCH3 is 1. The molecular weight excluding hydrogens is 442 g/mol. The highest BCUT2D eigenvalue weighted by molar-refractivity contribution is 7.91. The van der Waals surface area contributed by atoms with E-state index < -0.39 is 28.1 Å². The molecular formula is C20H25N3O6S2. The molecule has 1 aliphatic heterocycles. The highest BCUT2D eigenvalue weighted by Gasteiger charge is 2.35. The van der Waals surface area contributed by atoms with Crippen LogP contribution in [0.5, 0.6) is 5.75 Å². The predicted molar refractivity (Wildman–Crippen MR) is 115 cm³/mol. The van der Waals surface area contributed by atoms with Crippen LogP contribution in [0.4, 0.5) is 0 Å². The van der Waals surface area contributed by atoms with Crippen LogP contribution in [0.15, 0.2) is 46.0 Å². The molecule has 1 aromatic carbocycles. The van der Waals surface area contributed by atoms with Crippen LogP contribution in [0.2, 0.25) is 0 Å². The van der Waals surface area contributed by atoms with E-state index in [1.807, 2.05) is 24.3 Å². The minimum absolute atomic E-state index is 0.116. The standard InChI is InChI=1S/C20H25N3O6S2/c1-28-16-7-5-15(6-8-16)9-10-21-19(24)20(25)22-14-17-23(11-3-12-29-17)31(26,27)18-4-2-13-30-18/h2,4-8,13,17H,3,9-12,14H2,1H3,(H,21,24)(H,22,25). The van der Waals surface area contributed by atoms with Gasteiger partial charge in [0.1, 0.15) is 16.2 Å². The number of benzene rings is 1. The minimum atomic E-state index is -3.72. The molecule has 11 heteroatoms. The normalized spacial score (nSPS) is 17.1. The van der Waals surface area contributed by atoms with Crippen LogP contribution >= 0.6 is 11.3 Å². The summed E-state index contributed by atoms with van der Waals surface area (Å²) in [7, 11) is -2.13. The molecule has 1 saturated heterocycles. The van der Waals surface area contributed by atoms with Gasteiger partial charge in [0.2, 0.25) is 0 Å². The number of nitrogens with zero attached hydrogens (tertiary/aromatic N) is 1. The van der Waals surface area contributed by atoms with Gasteiger partial charge in [-0.05, 0) is 42.0 Å². The van der Waals surface area contributed by atoms with Gasteiger partial charge < -0.3 is 20.1 Å². The first-order valence-corrected chi connectivity index (χ1v) is 12.1. The van der Waals surface area contributed by atoms with E-state index in [1.54, 1.807) is 18.6 Å². The van der Waals surface area contributed by atoms with Gasteiger partial charge in [0.15, 0.2) is 0 Å². The average molecular weight is 468 g/mol. The van der Waals surface area contributed by atoms with E-state index in [0.29, 0.717) is 19.4 Å². The molecule has 0 spiro atoms. The molecule has 1 aromatic heterocycles. The lowest BCUT2D eigenvalue weighted by Gasteiger charge is -2.34. The second kappa shape index (κ2) is 10.7. The zero-order chi connectivity index (χ0) is 22.3. The van der Waals surface area contributed by atoms with Crippen molar-refractivity contribution >= 4 is 33.2 Å². The van der Waals surface area contributed by atoms with Gasteiger partial charge in [-0.25, -0.2) is 8.42 Å². The zero-order valence-corrected chi connectivity index (χ0v) is 18.7. The van der Waals surface area contributed by atoms with Gasteiger partial charge >= 0.3 is 11.8 Å². The van der Waals surface area contributed by atoms with Crippen LogP contribution < -0.4 is 15.4 Å². The summed E-state index contributed by atoms with van der Waals surface area (Å²) in [5.41, 5.74) is 0.992. The molecule has 2 amide bonds. The lowest BCUT2D eigenvalue weighted by Crippen LogP contribution is -2.53. The van der Waals surface area contributed by atoms with Crippen LogP contribution in [0, 0.1) is 0 Å². The van der Waals surface area contributed by atoms with Crippen molar-refractivity contribution in [2.24, 2.45) is 0 Å². The summed E-state index contributed by atoms with van der Waals surface area (Å²) in [6, 6.07) is 10.6. The maximum absolute atomic E-state index is 12.8. The molecule has 1 unspecified atom stereocenters. The fourth-order valence-electron chi connectivity index (χ4n) is 3.08. The van der Waals surface area contributed by atoms with Gasteiger partial charge in [-0.3, -0.25) is 9.59 Å². The van der Waals surface area contributed by atoms with Gasteiger partial charge in [-0.15, -0.1) is 11.3 Å². The number of rotatable bonds is 8. The third-order valence-electron chi connectivity index (χ3n) is 4.71. The van der Waals surface area contributed by atoms with Crippen molar-refractivity contribution in [2.75, 3.05) is 33.4 Å². The van der Waals surface area contributed by atoms with Crippen molar-refractivity contribution in [3.63, 3.8) is 0 Å². The number of hydrogen-bond acceptors (Lipinski definition) is 7. The highest BCUT2D eigenvalue weighted by atomic mass is 32.2. The summed E-state index contributed by atoms with van der Waals surface area (Å²) in [5, 5.41) is 6.71. The first kappa shape index (κ1) is 23.2. The number of hydrogen-bond donors (Lipinski definition) is 2. The lowest BCUT2D eigenvalue weighted by atomic mass is 10.1. The van der Waals surface area contributed by atoms with E-state index in [1.165, 1.54) is 10.4 Å². The molecule has 9 nitrogen and oxygen atoms in total. The van der Waals surface area contributed by atoms with Crippen molar-refractivity contribution in [1.29, 1.82) is 0 Å². The quantitative estimate of drug-likeness (QED) is 0.559. The molecule has 2 heterocycles. The highest BCUT2D eigenvalue weighted by Crippen LogP contribution is 2.25. The van der Waals surface area contributed by atoms with Crippen molar-refractivity contribution in [1.82, 2.24) is 14.9 Å². The maximum atomic E-state index is 12.8. The van der Waals surface area contributed by atoms with Crippen molar-refractivity contribution < 1.29 is 27.5 Å². The summed E-state index contributed by atoms with van der Waals surface area (Å²) in [5.74, 6) is -0.874. The summed E-state index contributed by atoms with van der Waals surface area (Å²) in [6.45, 7) is 0.840. The Morgan fingerprint density at radius 2 is 1.94 bits per heavy atom. The molecule has 0 radical (unpaired) electrons. The first-order valence-electron chi connectivity index (χ1n) is 9.77. The van der Waals surface area contributed by atoms with Crippen LogP contribution in [0.3, 0.4) is 0 Å². The fourth-order valence-corrected chi connectivity index (χ4v) is 5.77. The number of nitrogens with one attached hydrogen (secondary N) is 2. The lowest BCUT2D eigenvalue weighted by molar-refractivity contribution is -0.140. The van der Waals surface area contributed by atoms with Crippen molar-refractivity contribution in [3.05, 3.63) is 47.3 Å². The van der Waals surface area contributed by atoms with E-state index in [0.717, 1.165) is 22.6 Å². The maximum Gasteiger partial charge on any atom is 0.309 e. The summed E-state index contributed by atoms with van der Waals surface area (Å²) in [4.78, 5) is 24.2. The Labute approximate surface area is 185 Å². The molecule has 1 fully saturated rings. The number of ether oxygens (including phenoxy) is 2. The molecule has 168 valence electrons. The van der Waals surface area contributed by atoms with Gasteiger partial charge in [0, 0.05) is 13.1 Å². The fraction of sp³-hybridized carbons (Fsp3) is 0.400. The number of carbonyl (C=O) groups excluding carboxylic acids is 2. The first-order chi connectivity index (χ1) is 14.9. The molecule has 1 aliphatic rings. The Morgan fingerprint density at radius 3 is 2.61 bits per heavy atom. The molecule has 31 heavy (non-hydrogen) atoms. The van der Waals surface area contributed by atoms with Gasteiger partial charge in [-0.2, -0.15) is 4.31 Å². The Morgan fingerprint density at radius 1 is 1.19 bits per heavy atom. The molecule has 2 N–H and O–H groups in total. The van der Waals surface area contributed by atoms with Gasteiger partial charge in [0.05, 0.1) is 20.3 Å². The molecule has 0 bridgehead atoms. The number of sulfonamides is 1. The van der Waals surface area contributed by atoms with Crippen molar-refractivity contribution in [3.8, 4) is 5.75 Å². The largest absolute Gasteiger partial charge is 0.497 e.